The molecule has 0 atom stereocenters. The van der Waals surface area contributed by atoms with E-state index in [1.165, 1.54) is 23.1 Å². The topological polar surface area (TPSA) is 63.1 Å². The van der Waals surface area contributed by atoms with Gasteiger partial charge in [0.1, 0.15) is 5.03 Å². The van der Waals surface area contributed by atoms with Gasteiger partial charge < -0.3 is 5.11 Å². The van der Waals surface area contributed by atoms with Gasteiger partial charge in [-0.15, -0.1) is 11.3 Å². The van der Waals surface area contributed by atoms with Gasteiger partial charge in [-0.1, -0.05) is 11.6 Å². The molecule has 94 valence electrons. The van der Waals surface area contributed by atoms with E-state index >= 15 is 0 Å². The fraction of sp³-hybridized carbons (Fsp3) is 0.100. The first-order valence-electron chi connectivity index (χ1n) is 4.69. The summed E-state index contributed by atoms with van der Waals surface area (Å²) < 4.78 is 1.53. The maximum atomic E-state index is 10.5. The zero-order valence-electron chi connectivity index (χ0n) is 8.76. The third kappa shape index (κ3) is 3.68. The van der Waals surface area contributed by atoms with Crippen molar-refractivity contribution in [1.82, 2.24) is 9.97 Å². The first kappa shape index (κ1) is 13.8. The van der Waals surface area contributed by atoms with Crippen LogP contribution in [-0.2, 0) is 11.2 Å². The number of pyridine rings is 1. The van der Waals surface area contributed by atoms with E-state index in [0.29, 0.717) is 15.7 Å². The first-order valence-corrected chi connectivity index (χ1v) is 7.56. The lowest BCUT2D eigenvalue weighted by molar-refractivity contribution is -0.136. The van der Waals surface area contributed by atoms with E-state index in [4.69, 9.17) is 16.7 Å². The number of aliphatic carboxylic acids is 1. The molecule has 4 nitrogen and oxygen atoms in total. The van der Waals surface area contributed by atoms with Gasteiger partial charge in [0.25, 0.3) is 0 Å². The smallest absolute Gasteiger partial charge is 0.309 e. The average molecular weight is 366 g/mol. The number of aromatic nitrogens is 2. The highest BCUT2D eigenvalue weighted by atomic mass is 79.9. The summed E-state index contributed by atoms with van der Waals surface area (Å²) in [6.45, 7) is 0. The van der Waals surface area contributed by atoms with Gasteiger partial charge in [0.15, 0.2) is 4.34 Å². The van der Waals surface area contributed by atoms with Crippen LogP contribution < -0.4 is 0 Å². The maximum Gasteiger partial charge on any atom is 0.309 e. The predicted octanol–water partition coefficient (Wildman–Crippen LogP) is 3.73. The van der Waals surface area contributed by atoms with E-state index < -0.39 is 5.97 Å². The van der Waals surface area contributed by atoms with Crippen LogP contribution in [0.2, 0.25) is 5.02 Å². The predicted molar refractivity (Wildman–Crippen MR) is 74.5 cm³/mol. The molecule has 0 amide bonds. The number of hydrogen-bond donors (Lipinski definition) is 1. The third-order valence-electron chi connectivity index (χ3n) is 1.82. The van der Waals surface area contributed by atoms with E-state index in [2.05, 4.69) is 25.9 Å². The van der Waals surface area contributed by atoms with Gasteiger partial charge in [-0.3, -0.25) is 4.79 Å². The molecule has 0 radical (unpaired) electrons. The van der Waals surface area contributed by atoms with Gasteiger partial charge in [-0.2, -0.15) is 0 Å². The van der Waals surface area contributed by atoms with Crippen molar-refractivity contribution in [3.63, 3.8) is 0 Å². The zero-order valence-corrected chi connectivity index (χ0v) is 12.7. The standard InChI is InChI=1S/C10H6BrClN2O2S2/c11-5-1-7(12)9(13-3-5)18-10-14-6(4-17-10)2-8(15)16/h1,3-4H,2H2,(H,15,16). The fourth-order valence-corrected chi connectivity index (χ4v) is 3.58. The number of carboxylic acids is 1. The summed E-state index contributed by atoms with van der Waals surface area (Å²) in [6, 6.07) is 1.75. The SMILES string of the molecule is O=C(O)Cc1csc(Sc2ncc(Br)cc2Cl)n1. The molecule has 1 N–H and O–H groups in total. The molecular formula is C10H6BrClN2O2S2. The molecule has 2 aromatic rings. The van der Waals surface area contributed by atoms with Gasteiger partial charge in [0.2, 0.25) is 0 Å². The minimum Gasteiger partial charge on any atom is -0.481 e. The first-order chi connectivity index (χ1) is 8.54. The number of halogens is 2. The summed E-state index contributed by atoms with van der Waals surface area (Å²) in [4.78, 5) is 18.9. The molecule has 0 unspecified atom stereocenters. The van der Waals surface area contributed by atoms with E-state index in [-0.39, 0.29) is 6.42 Å². The molecule has 0 aliphatic carbocycles. The Morgan fingerprint density at radius 3 is 3.06 bits per heavy atom. The van der Waals surface area contributed by atoms with Crippen LogP contribution in [-0.4, -0.2) is 21.0 Å². The Hall–Kier alpha value is -0.630. The number of hydrogen-bond acceptors (Lipinski definition) is 5. The summed E-state index contributed by atoms with van der Waals surface area (Å²) in [7, 11) is 0. The molecule has 0 saturated heterocycles. The summed E-state index contributed by atoms with van der Waals surface area (Å²) in [6.07, 6.45) is 1.58. The number of nitrogens with zero attached hydrogens (tertiary/aromatic N) is 2. The minimum absolute atomic E-state index is 0.0709. The highest BCUT2D eigenvalue weighted by Gasteiger charge is 2.10. The largest absolute Gasteiger partial charge is 0.481 e. The van der Waals surface area contributed by atoms with Crippen LogP contribution in [0.1, 0.15) is 5.69 Å². The van der Waals surface area contributed by atoms with Gasteiger partial charge in [0.05, 0.1) is 17.1 Å². The summed E-state index contributed by atoms with van der Waals surface area (Å²) in [5.41, 5.74) is 0.545. The number of rotatable bonds is 4. The van der Waals surface area contributed by atoms with Crippen molar-refractivity contribution in [3.8, 4) is 0 Å². The summed E-state index contributed by atoms with van der Waals surface area (Å²) >= 11 is 12.0. The number of carbonyl (C=O) groups is 1. The van der Waals surface area contributed by atoms with Crippen molar-refractivity contribution in [2.24, 2.45) is 0 Å². The molecule has 2 rings (SSSR count). The van der Waals surface area contributed by atoms with Gasteiger partial charge in [-0.05, 0) is 33.8 Å². The van der Waals surface area contributed by atoms with Crippen molar-refractivity contribution in [1.29, 1.82) is 0 Å². The van der Waals surface area contributed by atoms with E-state index in [0.717, 1.165) is 8.81 Å². The molecule has 18 heavy (non-hydrogen) atoms. The van der Waals surface area contributed by atoms with E-state index in [1.54, 1.807) is 17.6 Å². The third-order valence-corrected chi connectivity index (χ3v) is 4.66. The van der Waals surface area contributed by atoms with Crippen molar-refractivity contribution >= 4 is 56.6 Å². The Balaban J connectivity index is 2.13. The van der Waals surface area contributed by atoms with Crippen LogP contribution in [0.25, 0.3) is 0 Å². The normalized spacial score (nSPS) is 10.6. The Bertz CT molecular complexity index is 591. The number of thiazole rings is 1. The Labute approximate surface area is 125 Å². The highest BCUT2D eigenvalue weighted by Crippen LogP contribution is 2.34. The van der Waals surface area contributed by atoms with Gasteiger partial charge in [0, 0.05) is 16.0 Å². The molecule has 0 aliphatic heterocycles. The second-order valence-electron chi connectivity index (χ2n) is 3.22. The Morgan fingerprint density at radius 2 is 2.39 bits per heavy atom. The van der Waals surface area contributed by atoms with Crippen molar-refractivity contribution in [2.75, 3.05) is 0 Å². The molecule has 2 aromatic heterocycles. The molecule has 0 bridgehead atoms. The molecule has 0 fully saturated rings. The van der Waals surface area contributed by atoms with Crippen LogP contribution in [0.3, 0.4) is 0 Å². The van der Waals surface area contributed by atoms with Crippen LogP contribution in [0, 0.1) is 0 Å². The second kappa shape index (κ2) is 6.01. The molecule has 8 heteroatoms. The van der Waals surface area contributed by atoms with Crippen molar-refractivity contribution < 1.29 is 9.90 Å². The second-order valence-corrected chi connectivity index (χ2v) is 6.63. The van der Waals surface area contributed by atoms with E-state index in [1.807, 2.05) is 0 Å². The monoisotopic (exact) mass is 364 g/mol. The van der Waals surface area contributed by atoms with Crippen LogP contribution >= 0.6 is 50.6 Å². The average Bonchev–Trinajstić information content (AvgIpc) is 2.69. The van der Waals surface area contributed by atoms with E-state index in [9.17, 15) is 4.79 Å². The quantitative estimate of drug-likeness (QED) is 0.894. The lowest BCUT2D eigenvalue weighted by Crippen LogP contribution is -1.99. The summed E-state index contributed by atoms with van der Waals surface area (Å²) in [5.74, 6) is -0.892. The van der Waals surface area contributed by atoms with Gasteiger partial charge in [-0.25, -0.2) is 9.97 Å². The lowest BCUT2D eigenvalue weighted by atomic mass is 10.3. The van der Waals surface area contributed by atoms with Crippen LogP contribution in [0.15, 0.2) is 31.5 Å². The van der Waals surface area contributed by atoms with Crippen LogP contribution in [0.5, 0.6) is 0 Å². The van der Waals surface area contributed by atoms with Gasteiger partial charge >= 0.3 is 5.97 Å². The van der Waals surface area contributed by atoms with Crippen molar-refractivity contribution in [3.05, 3.63) is 32.8 Å². The molecule has 0 spiro atoms. The molecule has 0 saturated carbocycles. The number of carboxylic acid groups (broad SMARTS) is 1. The lowest BCUT2D eigenvalue weighted by Gasteiger charge is -2.00. The minimum atomic E-state index is -0.892. The molecular weight excluding hydrogens is 360 g/mol. The highest BCUT2D eigenvalue weighted by molar-refractivity contribution is 9.10. The Morgan fingerprint density at radius 1 is 1.61 bits per heavy atom. The Kier molecular flexibility index (Phi) is 4.60. The summed E-state index contributed by atoms with van der Waals surface area (Å²) in [5, 5.41) is 11.6. The van der Waals surface area contributed by atoms with Crippen LogP contribution in [0.4, 0.5) is 0 Å². The molecule has 0 aromatic carbocycles. The van der Waals surface area contributed by atoms with Crippen molar-refractivity contribution in [2.45, 2.75) is 15.8 Å². The zero-order chi connectivity index (χ0) is 13.1. The molecule has 2 heterocycles. The fourth-order valence-electron chi connectivity index (χ4n) is 1.13. The molecule has 0 aliphatic rings. The maximum absolute atomic E-state index is 10.5.